The lowest BCUT2D eigenvalue weighted by Crippen LogP contribution is -2.33. The van der Waals surface area contributed by atoms with E-state index in [9.17, 15) is 8.42 Å². The number of hydrogen-bond donors (Lipinski definition) is 1. The molecular weight excluding hydrogens is 422 g/mol. The van der Waals surface area contributed by atoms with Crippen molar-refractivity contribution in [1.82, 2.24) is 15.0 Å². The highest BCUT2D eigenvalue weighted by molar-refractivity contribution is 7.92. The highest BCUT2D eigenvalue weighted by atomic mass is 32.2. The van der Waals surface area contributed by atoms with Crippen molar-refractivity contribution >= 4 is 26.9 Å². The van der Waals surface area contributed by atoms with Crippen LogP contribution in [0.4, 0.5) is 5.82 Å². The Balaban J connectivity index is 1.60. The SMILES string of the molecule is O=S(=O)(Nc1nc2ccccc2nc1-[n+]1ccc(-c2ccncc2)cc1)c1ccccc1. The fourth-order valence-corrected chi connectivity index (χ4v) is 4.35. The Morgan fingerprint density at radius 1 is 0.688 bits per heavy atom. The zero-order chi connectivity index (χ0) is 22.0. The van der Waals surface area contributed by atoms with Crippen LogP contribution >= 0.6 is 0 Å². The molecule has 0 aliphatic carbocycles. The van der Waals surface area contributed by atoms with Crippen molar-refractivity contribution in [2.45, 2.75) is 4.90 Å². The molecule has 0 aliphatic heterocycles. The highest BCUT2D eigenvalue weighted by Crippen LogP contribution is 2.22. The Labute approximate surface area is 185 Å². The molecule has 0 aliphatic rings. The Morgan fingerprint density at radius 3 is 1.97 bits per heavy atom. The monoisotopic (exact) mass is 440 g/mol. The van der Waals surface area contributed by atoms with Gasteiger partial charge in [0, 0.05) is 12.4 Å². The highest BCUT2D eigenvalue weighted by Gasteiger charge is 2.24. The fraction of sp³-hybridized carbons (Fsp3) is 0. The Hall–Kier alpha value is -4.17. The first-order valence-corrected chi connectivity index (χ1v) is 11.4. The topological polar surface area (TPSA) is 88.7 Å². The van der Waals surface area contributed by atoms with Crippen LogP contribution in [0.5, 0.6) is 0 Å². The van der Waals surface area contributed by atoms with Crippen LogP contribution in [0.1, 0.15) is 0 Å². The lowest BCUT2D eigenvalue weighted by molar-refractivity contribution is -0.598. The van der Waals surface area contributed by atoms with Crippen LogP contribution in [-0.4, -0.2) is 23.4 Å². The number of fused-ring (bicyclic) bond motifs is 1. The number of aromatic nitrogens is 4. The van der Waals surface area contributed by atoms with Gasteiger partial charge in [0.05, 0.1) is 17.3 Å². The molecule has 5 aromatic rings. The molecule has 3 heterocycles. The number of anilines is 1. The van der Waals surface area contributed by atoms with E-state index >= 15 is 0 Å². The minimum Gasteiger partial charge on any atom is -0.265 e. The quantitative estimate of drug-likeness (QED) is 0.420. The molecule has 0 radical (unpaired) electrons. The molecule has 0 spiro atoms. The van der Waals surface area contributed by atoms with Gasteiger partial charge in [-0.05, 0) is 64.6 Å². The number of nitrogens with one attached hydrogen (secondary N) is 1. The number of benzene rings is 2. The van der Waals surface area contributed by atoms with Crippen LogP contribution < -0.4 is 9.29 Å². The maximum absolute atomic E-state index is 13.0. The minimum absolute atomic E-state index is 0.147. The van der Waals surface area contributed by atoms with E-state index in [1.807, 2.05) is 54.9 Å². The summed E-state index contributed by atoms with van der Waals surface area (Å²) in [6, 6.07) is 23.2. The molecule has 8 heteroatoms. The average Bonchev–Trinajstić information content (AvgIpc) is 2.85. The second kappa shape index (κ2) is 8.16. The van der Waals surface area contributed by atoms with E-state index in [4.69, 9.17) is 0 Å². The number of para-hydroxylation sites is 2. The summed E-state index contributed by atoms with van der Waals surface area (Å²) in [5.74, 6) is 0.527. The van der Waals surface area contributed by atoms with E-state index < -0.39 is 10.0 Å². The Kier molecular flexibility index (Phi) is 5.04. The van der Waals surface area contributed by atoms with Crippen molar-refractivity contribution in [3.8, 4) is 16.9 Å². The van der Waals surface area contributed by atoms with Gasteiger partial charge in [0.1, 0.15) is 5.52 Å². The third kappa shape index (κ3) is 3.91. The van der Waals surface area contributed by atoms with Crippen LogP contribution in [0.3, 0.4) is 0 Å². The molecule has 0 saturated carbocycles. The molecule has 0 bridgehead atoms. The van der Waals surface area contributed by atoms with Gasteiger partial charge in [0.25, 0.3) is 10.0 Å². The average molecular weight is 441 g/mol. The fourth-order valence-electron chi connectivity index (χ4n) is 3.33. The Morgan fingerprint density at radius 2 is 1.28 bits per heavy atom. The van der Waals surface area contributed by atoms with E-state index in [0.29, 0.717) is 16.9 Å². The van der Waals surface area contributed by atoms with Crippen molar-refractivity contribution in [2.24, 2.45) is 0 Å². The maximum Gasteiger partial charge on any atom is 0.372 e. The first kappa shape index (κ1) is 19.8. The van der Waals surface area contributed by atoms with E-state index in [1.54, 1.807) is 41.2 Å². The maximum atomic E-state index is 13.0. The van der Waals surface area contributed by atoms with Crippen molar-refractivity contribution < 1.29 is 13.0 Å². The molecule has 2 aromatic carbocycles. The smallest absolute Gasteiger partial charge is 0.265 e. The summed E-state index contributed by atoms with van der Waals surface area (Å²) in [7, 11) is -3.84. The number of hydrogen-bond acceptors (Lipinski definition) is 5. The number of pyridine rings is 2. The number of rotatable bonds is 5. The molecular formula is C24H18N5O2S+. The minimum atomic E-state index is -3.84. The van der Waals surface area contributed by atoms with Crippen molar-refractivity contribution in [3.63, 3.8) is 0 Å². The predicted molar refractivity (Wildman–Crippen MR) is 122 cm³/mol. The molecule has 156 valence electrons. The first-order chi connectivity index (χ1) is 15.6. The summed E-state index contributed by atoms with van der Waals surface area (Å²) in [6.07, 6.45) is 7.13. The summed E-state index contributed by atoms with van der Waals surface area (Å²) >= 11 is 0. The Bertz CT molecular complexity index is 1490. The second-order valence-corrected chi connectivity index (χ2v) is 8.72. The summed E-state index contributed by atoms with van der Waals surface area (Å²) in [5, 5.41) is 0. The van der Waals surface area contributed by atoms with Crippen LogP contribution in [-0.2, 0) is 10.0 Å². The molecule has 0 saturated heterocycles. The van der Waals surface area contributed by atoms with Crippen molar-refractivity contribution in [3.05, 3.63) is 104 Å². The van der Waals surface area contributed by atoms with E-state index in [0.717, 1.165) is 11.1 Å². The predicted octanol–water partition coefficient (Wildman–Crippen LogP) is 3.77. The molecule has 0 unspecified atom stereocenters. The van der Waals surface area contributed by atoms with Gasteiger partial charge >= 0.3 is 5.82 Å². The lowest BCUT2D eigenvalue weighted by Gasteiger charge is -2.09. The van der Waals surface area contributed by atoms with Gasteiger partial charge in [0.15, 0.2) is 0 Å². The second-order valence-electron chi connectivity index (χ2n) is 7.03. The molecule has 0 fully saturated rings. The van der Waals surface area contributed by atoms with Gasteiger partial charge in [-0.1, -0.05) is 30.3 Å². The van der Waals surface area contributed by atoms with E-state index in [1.165, 1.54) is 12.1 Å². The molecule has 5 rings (SSSR count). The van der Waals surface area contributed by atoms with Crippen molar-refractivity contribution in [2.75, 3.05) is 4.72 Å². The number of sulfonamides is 1. The molecule has 3 aromatic heterocycles. The van der Waals surface area contributed by atoms with Crippen LogP contribution in [0.15, 0.2) is 109 Å². The van der Waals surface area contributed by atoms with E-state index in [2.05, 4.69) is 19.7 Å². The summed E-state index contributed by atoms with van der Waals surface area (Å²) in [4.78, 5) is 13.4. The summed E-state index contributed by atoms with van der Waals surface area (Å²) in [6.45, 7) is 0. The van der Waals surface area contributed by atoms with E-state index in [-0.39, 0.29) is 10.7 Å². The first-order valence-electron chi connectivity index (χ1n) is 9.87. The van der Waals surface area contributed by atoms with Gasteiger partial charge in [-0.3, -0.25) is 9.71 Å². The van der Waals surface area contributed by atoms with Gasteiger partial charge in [-0.25, -0.2) is 18.0 Å². The van der Waals surface area contributed by atoms with Crippen LogP contribution in [0, 0.1) is 0 Å². The summed E-state index contributed by atoms with van der Waals surface area (Å²) < 4.78 is 30.3. The lowest BCUT2D eigenvalue weighted by atomic mass is 10.1. The van der Waals surface area contributed by atoms with Crippen molar-refractivity contribution in [1.29, 1.82) is 0 Å². The normalized spacial score (nSPS) is 11.4. The third-order valence-electron chi connectivity index (χ3n) is 4.92. The molecule has 7 nitrogen and oxygen atoms in total. The van der Waals surface area contributed by atoms with Gasteiger partial charge in [-0.15, -0.1) is 0 Å². The van der Waals surface area contributed by atoms with Crippen LogP contribution in [0.2, 0.25) is 0 Å². The van der Waals surface area contributed by atoms with Gasteiger partial charge in [-0.2, -0.15) is 0 Å². The third-order valence-corrected chi connectivity index (χ3v) is 6.28. The zero-order valence-corrected chi connectivity index (χ0v) is 17.6. The van der Waals surface area contributed by atoms with Crippen LogP contribution in [0.25, 0.3) is 28.0 Å². The van der Waals surface area contributed by atoms with Gasteiger partial charge in [0.2, 0.25) is 11.3 Å². The molecule has 1 N–H and O–H groups in total. The molecule has 0 amide bonds. The molecule has 32 heavy (non-hydrogen) atoms. The molecule has 0 atom stereocenters. The summed E-state index contributed by atoms with van der Waals surface area (Å²) in [5.41, 5.74) is 3.29. The zero-order valence-electron chi connectivity index (χ0n) is 16.8. The standard InChI is InChI=1S/C24H18N5O2S/c30-32(31,20-6-2-1-3-7-20)28-23-24(27-22-9-5-4-8-21(22)26-23)29-16-12-19(13-17-29)18-10-14-25-15-11-18/h1-17H,(H,26,28)/q+1. The number of nitrogens with zero attached hydrogens (tertiary/aromatic N) is 4. The largest absolute Gasteiger partial charge is 0.372 e. The van der Waals surface area contributed by atoms with Gasteiger partial charge < -0.3 is 0 Å².